The quantitative estimate of drug-likeness (QED) is 0.346. The maximum atomic E-state index is 7.13. The molecule has 0 aromatic heterocycles. The second-order valence-corrected chi connectivity index (χ2v) is 1.10. The first-order valence-electron chi connectivity index (χ1n) is 1.71. The SMILES string of the molecule is N#C[S-].N#C[S-].N#C[S-].N#C[S-].[Mn+2].[Mn+2]. The van der Waals surface area contributed by atoms with E-state index in [2.05, 4.69) is 50.5 Å². The van der Waals surface area contributed by atoms with Gasteiger partial charge in [-0.15, -0.1) is 0 Å². The second kappa shape index (κ2) is 121. The van der Waals surface area contributed by atoms with E-state index >= 15 is 0 Å². The van der Waals surface area contributed by atoms with Gasteiger partial charge in [0, 0.05) is 0 Å². The van der Waals surface area contributed by atoms with Crippen LogP contribution in [0.5, 0.6) is 0 Å². The molecule has 14 heavy (non-hydrogen) atoms. The van der Waals surface area contributed by atoms with Gasteiger partial charge in [-0.1, -0.05) is 21.6 Å². The summed E-state index contributed by atoms with van der Waals surface area (Å²) in [7, 11) is 0. The zero-order valence-electron chi connectivity index (χ0n) is 6.18. The molecule has 0 aromatic carbocycles. The zero-order valence-corrected chi connectivity index (χ0v) is 11.8. The Labute approximate surface area is 126 Å². The summed E-state index contributed by atoms with van der Waals surface area (Å²) in [6.45, 7) is 0. The van der Waals surface area contributed by atoms with Crippen molar-refractivity contribution < 1.29 is 34.1 Å². The number of rotatable bonds is 0. The van der Waals surface area contributed by atoms with Crippen molar-refractivity contribution in [3.05, 3.63) is 0 Å². The third-order valence-electron chi connectivity index (χ3n) is 0. The Kier molecular flexibility index (Phi) is 320. The molecule has 0 amide bonds. The van der Waals surface area contributed by atoms with Crippen LogP contribution in [0.1, 0.15) is 0 Å². The first-order chi connectivity index (χ1) is 5.66. The third kappa shape index (κ3) is 96000. The zero-order chi connectivity index (χ0) is 10.8. The standard InChI is InChI=1S/4CHNS.2Mn/c4*2-1-3;;/h4*3H;;/q;;;;2*+2/p-4. The number of thiocyanates is 4. The van der Waals surface area contributed by atoms with Crippen LogP contribution in [0.25, 0.3) is 0 Å². The normalized spacial score (nSPS) is 2.00. The molecule has 0 unspecified atom stereocenters. The molecule has 10 heteroatoms. The van der Waals surface area contributed by atoms with Gasteiger partial charge in [-0.05, 0) is 0 Å². The predicted octanol–water partition coefficient (Wildman–Crippen LogP) is 0.0525. The molecule has 0 aliphatic rings. The van der Waals surface area contributed by atoms with Gasteiger partial charge >= 0.3 is 34.1 Å². The van der Waals surface area contributed by atoms with Crippen molar-refractivity contribution >= 4 is 50.5 Å². The molecule has 0 fully saturated rings. The third-order valence-corrected chi connectivity index (χ3v) is 0. The van der Waals surface area contributed by atoms with Gasteiger partial charge in [-0.3, -0.25) is 0 Å². The molecule has 0 bridgehead atoms. The maximum absolute atomic E-state index is 7.13. The first-order valence-corrected chi connectivity index (χ1v) is 3.34. The fourth-order valence-corrected chi connectivity index (χ4v) is 0. The van der Waals surface area contributed by atoms with Crippen LogP contribution in [0.4, 0.5) is 0 Å². The summed E-state index contributed by atoms with van der Waals surface area (Å²) in [5.74, 6) is 0. The molecule has 0 atom stereocenters. The Hall–Kier alpha value is -0.121. The van der Waals surface area contributed by atoms with E-state index in [1.54, 1.807) is 0 Å². The van der Waals surface area contributed by atoms with Gasteiger partial charge in [0.15, 0.2) is 0 Å². The van der Waals surface area contributed by atoms with E-state index in [9.17, 15) is 0 Å². The van der Waals surface area contributed by atoms with Gasteiger partial charge in [0.25, 0.3) is 0 Å². The van der Waals surface area contributed by atoms with E-state index in [-0.39, 0.29) is 34.1 Å². The molecule has 0 rings (SSSR count). The average Bonchev–Trinajstić information content (AvgIpc) is 1.92. The van der Waals surface area contributed by atoms with E-state index in [0.29, 0.717) is 0 Å². The molecule has 0 saturated carbocycles. The van der Waals surface area contributed by atoms with E-state index < -0.39 is 0 Å². The summed E-state index contributed by atoms with van der Waals surface area (Å²) in [6, 6.07) is 0. The molecule has 0 saturated heterocycles. The number of nitrogens with zero attached hydrogens (tertiary/aromatic N) is 4. The summed E-state index contributed by atoms with van der Waals surface area (Å²) < 4.78 is 0. The molecule has 74 valence electrons. The van der Waals surface area contributed by atoms with Gasteiger partial charge in [0.2, 0.25) is 0 Å². The summed E-state index contributed by atoms with van der Waals surface area (Å²) in [4.78, 5) is 0. The van der Waals surface area contributed by atoms with Crippen molar-refractivity contribution in [1.29, 1.82) is 21.0 Å². The van der Waals surface area contributed by atoms with Crippen LogP contribution in [0, 0.1) is 42.7 Å². The van der Waals surface area contributed by atoms with Crippen LogP contribution in [-0.2, 0) is 84.7 Å². The fraction of sp³-hybridized carbons (Fsp3) is 0. The Morgan fingerprint density at radius 3 is 0.500 bits per heavy atom. The summed E-state index contributed by atoms with van der Waals surface area (Å²) >= 11 is 14.8. The number of nitriles is 4. The molecule has 0 aromatic rings. The smallest absolute Gasteiger partial charge is 0.696 e. The fourth-order valence-electron chi connectivity index (χ4n) is 0. The minimum Gasteiger partial charge on any atom is -0.696 e. The topological polar surface area (TPSA) is 95.2 Å². The van der Waals surface area contributed by atoms with Crippen molar-refractivity contribution in [3.8, 4) is 21.6 Å². The minimum absolute atomic E-state index is 0. The van der Waals surface area contributed by atoms with E-state index in [4.69, 9.17) is 21.0 Å². The van der Waals surface area contributed by atoms with E-state index in [1.807, 2.05) is 0 Å². The molecule has 0 spiro atoms. The number of hydrogen-bond donors (Lipinski definition) is 0. The molecular weight excluding hydrogens is 342 g/mol. The average molecular weight is 342 g/mol. The van der Waals surface area contributed by atoms with Crippen molar-refractivity contribution in [2.24, 2.45) is 0 Å². The largest absolute Gasteiger partial charge is 2.00 e. The van der Waals surface area contributed by atoms with Crippen LogP contribution < -0.4 is 0 Å². The molecule has 4 nitrogen and oxygen atoms in total. The van der Waals surface area contributed by atoms with Gasteiger partial charge < -0.3 is 50.5 Å². The van der Waals surface area contributed by atoms with Crippen molar-refractivity contribution in [1.82, 2.24) is 0 Å². The van der Waals surface area contributed by atoms with Crippen molar-refractivity contribution in [2.45, 2.75) is 0 Å². The Bertz CT molecular complexity index is 161. The molecule has 2 radical (unpaired) electrons. The van der Waals surface area contributed by atoms with Gasteiger partial charge in [0.05, 0.1) is 0 Å². The van der Waals surface area contributed by atoms with Crippen LogP contribution in [0.2, 0.25) is 0 Å². The van der Waals surface area contributed by atoms with Gasteiger partial charge in [-0.25, -0.2) is 21.0 Å². The van der Waals surface area contributed by atoms with Gasteiger partial charge in [-0.2, -0.15) is 0 Å². The maximum Gasteiger partial charge on any atom is 2.00 e. The minimum atomic E-state index is 0. The summed E-state index contributed by atoms with van der Waals surface area (Å²) in [5.41, 5.74) is 0. The molecule has 0 aliphatic carbocycles. The number of hydrogen-bond acceptors (Lipinski definition) is 8. The van der Waals surface area contributed by atoms with Crippen LogP contribution in [0.15, 0.2) is 0 Å². The molecule has 0 N–H and O–H groups in total. The van der Waals surface area contributed by atoms with Gasteiger partial charge in [0.1, 0.15) is 0 Å². The Morgan fingerprint density at radius 2 is 0.500 bits per heavy atom. The Balaban J connectivity index is -0.0000000145. The predicted molar refractivity (Wildman–Crippen MR) is 51.9 cm³/mol. The second-order valence-electron chi connectivity index (χ2n) is 0.365. The molecule has 0 aliphatic heterocycles. The van der Waals surface area contributed by atoms with E-state index in [1.165, 1.54) is 21.6 Å². The van der Waals surface area contributed by atoms with Crippen molar-refractivity contribution in [3.63, 3.8) is 0 Å². The van der Waals surface area contributed by atoms with Crippen LogP contribution in [0.3, 0.4) is 0 Å². The molecule has 0 heterocycles. The summed E-state index contributed by atoms with van der Waals surface area (Å²) in [5, 5.41) is 33.9. The molecular formula is C4Mn2N4S4. The van der Waals surface area contributed by atoms with E-state index in [0.717, 1.165) is 0 Å². The van der Waals surface area contributed by atoms with Crippen LogP contribution in [-0.4, -0.2) is 0 Å². The Morgan fingerprint density at radius 1 is 0.500 bits per heavy atom. The first kappa shape index (κ1) is 37.1. The summed E-state index contributed by atoms with van der Waals surface area (Å²) in [6.07, 6.45) is 0. The van der Waals surface area contributed by atoms with Crippen molar-refractivity contribution in [2.75, 3.05) is 0 Å². The monoisotopic (exact) mass is 342 g/mol. The van der Waals surface area contributed by atoms with Crippen LogP contribution >= 0.6 is 0 Å².